The van der Waals surface area contributed by atoms with Crippen molar-refractivity contribution in [3.63, 3.8) is 0 Å². The van der Waals surface area contributed by atoms with Gasteiger partial charge >= 0.3 is 0 Å². The normalized spacial score (nSPS) is 20.6. The summed E-state index contributed by atoms with van der Waals surface area (Å²) < 4.78 is 12.1. The molecule has 2 atom stereocenters. The van der Waals surface area contributed by atoms with Gasteiger partial charge in [-0.1, -0.05) is 53.5 Å². The Morgan fingerprint density at radius 3 is 2.50 bits per heavy atom. The molecule has 0 bridgehead atoms. The first-order valence-corrected chi connectivity index (χ1v) is 13.9. The van der Waals surface area contributed by atoms with Gasteiger partial charge in [-0.3, -0.25) is 9.59 Å². The van der Waals surface area contributed by atoms with Crippen molar-refractivity contribution in [1.82, 2.24) is 15.0 Å². The van der Waals surface area contributed by atoms with Gasteiger partial charge in [-0.25, -0.2) is 0 Å². The molecule has 0 radical (unpaired) electrons. The third kappa shape index (κ3) is 5.17. The predicted octanol–water partition coefficient (Wildman–Crippen LogP) is 6.39. The van der Waals surface area contributed by atoms with E-state index < -0.39 is 0 Å². The molecule has 2 heterocycles. The molecule has 0 spiro atoms. The van der Waals surface area contributed by atoms with Crippen LogP contribution < -0.4 is 4.74 Å². The number of aromatic nitrogens is 1. The summed E-state index contributed by atoms with van der Waals surface area (Å²) in [4.78, 5) is 31.5. The summed E-state index contributed by atoms with van der Waals surface area (Å²) in [6, 6.07) is 14.7. The monoisotopic (exact) mass is 535 g/mol. The maximum absolute atomic E-state index is 14.3. The number of benzene rings is 2. The Morgan fingerprint density at radius 2 is 1.71 bits per heavy atom. The fourth-order valence-corrected chi connectivity index (χ4v) is 5.89. The van der Waals surface area contributed by atoms with Crippen LogP contribution in [0, 0.1) is 6.92 Å². The molecular formula is C30H34ClN3O4. The number of nitrogens with zero attached hydrogens (tertiary/aromatic N) is 3. The lowest BCUT2D eigenvalue weighted by atomic mass is 9.90. The number of rotatable bonds is 3. The van der Waals surface area contributed by atoms with Crippen molar-refractivity contribution in [2.24, 2.45) is 0 Å². The van der Waals surface area contributed by atoms with Crippen LogP contribution in [0.3, 0.4) is 0 Å². The number of hydrogen-bond acceptors (Lipinski definition) is 5. The van der Waals surface area contributed by atoms with Crippen LogP contribution in [0.5, 0.6) is 5.75 Å². The fourth-order valence-electron chi connectivity index (χ4n) is 5.66. The molecule has 1 aliphatic carbocycles. The van der Waals surface area contributed by atoms with Gasteiger partial charge in [0.1, 0.15) is 28.9 Å². The van der Waals surface area contributed by atoms with Crippen LogP contribution in [-0.4, -0.2) is 58.6 Å². The van der Waals surface area contributed by atoms with Crippen molar-refractivity contribution >= 4 is 23.4 Å². The molecule has 1 aliphatic heterocycles. The van der Waals surface area contributed by atoms with E-state index in [0.717, 1.165) is 38.5 Å². The minimum absolute atomic E-state index is 0.00607. The standard InChI is InChI=1S/C30H34ClN3O4/c1-3-33-18-10-11-19-34(30(36)27-20(2)38-32-28(27)21-12-4-6-14-23(21)31)24-15-7-9-17-26(24)37-25-16-8-5-13-22(25)29(33)35/h4-6,8,12-14,16,24,26H,3,7,9-11,15,17-19H2,1-2H3/t24-,26+/m1/s1. The molecule has 200 valence electrons. The third-order valence-corrected chi connectivity index (χ3v) is 8.01. The molecule has 7 nitrogen and oxygen atoms in total. The third-order valence-electron chi connectivity index (χ3n) is 7.68. The van der Waals surface area contributed by atoms with E-state index in [0.29, 0.717) is 58.6 Å². The van der Waals surface area contributed by atoms with E-state index in [1.165, 1.54) is 0 Å². The largest absolute Gasteiger partial charge is 0.487 e. The van der Waals surface area contributed by atoms with Crippen molar-refractivity contribution in [2.45, 2.75) is 64.5 Å². The lowest BCUT2D eigenvalue weighted by Crippen LogP contribution is -2.51. The molecule has 2 amide bonds. The molecule has 3 aromatic rings. The van der Waals surface area contributed by atoms with Gasteiger partial charge in [-0.05, 0) is 64.2 Å². The summed E-state index contributed by atoms with van der Waals surface area (Å²) in [5.74, 6) is 0.928. The lowest BCUT2D eigenvalue weighted by molar-refractivity contribution is 0.0258. The first kappa shape index (κ1) is 26.3. The van der Waals surface area contributed by atoms with E-state index in [-0.39, 0.29) is 24.0 Å². The van der Waals surface area contributed by atoms with E-state index in [4.69, 9.17) is 20.9 Å². The summed E-state index contributed by atoms with van der Waals surface area (Å²) in [5, 5.41) is 4.76. The van der Waals surface area contributed by atoms with Gasteiger partial charge in [0.15, 0.2) is 0 Å². The number of amides is 2. The van der Waals surface area contributed by atoms with Crippen molar-refractivity contribution in [3.8, 4) is 17.0 Å². The maximum atomic E-state index is 14.3. The topological polar surface area (TPSA) is 75.9 Å². The van der Waals surface area contributed by atoms with E-state index in [9.17, 15) is 9.59 Å². The second-order valence-corrected chi connectivity index (χ2v) is 10.4. The summed E-state index contributed by atoms with van der Waals surface area (Å²) in [5.41, 5.74) is 2.16. The maximum Gasteiger partial charge on any atom is 0.260 e. The predicted molar refractivity (Wildman–Crippen MR) is 147 cm³/mol. The smallest absolute Gasteiger partial charge is 0.260 e. The number of carbonyl (C=O) groups excluding carboxylic acids is 2. The highest BCUT2D eigenvalue weighted by Crippen LogP contribution is 2.35. The van der Waals surface area contributed by atoms with Gasteiger partial charge in [0.05, 0.1) is 16.6 Å². The molecule has 0 saturated heterocycles. The average molecular weight is 536 g/mol. The van der Waals surface area contributed by atoms with Crippen LogP contribution in [0.15, 0.2) is 53.1 Å². The van der Waals surface area contributed by atoms with Crippen LogP contribution in [0.1, 0.15) is 71.9 Å². The van der Waals surface area contributed by atoms with Gasteiger partial charge < -0.3 is 19.1 Å². The number of ether oxygens (including phenoxy) is 1. The van der Waals surface area contributed by atoms with Gasteiger partial charge in [0.25, 0.3) is 11.8 Å². The zero-order valence-corrected chi connectivity index (χ0v) is 22.7. The van der Waals surface area contributed by atoms with Gasteiger partial charge in [-0.2, -0.15) is 0 Å². The molecule has 0 unspecified atom stereocenters. The molecule has 5 rings (SSSR count). The Hall–Kier alpha value is -3.32. The second-order valence-electron chi connectivity index (χ2n) is 10.0. The van der Waals surface area contributed by atoms with Gasteiger partial charge in [0, 0.05) is 25.2 Å². The summed E-state index contributed by atoms with van der Waals surface area (Å²) >= 11 is 6.49. The van der Waals surface area contributed by atoms with Crippen LogP contribution >= 0.6 is 11.6 Å². The Morgan fingerprint density at radius 1 is 1.00 bits per heavy atom. The van der Waals surface area contributed by atoms with Crippen LogP contribution in [0.4, 0.5) is 0 Å². The number of carbonyl (C=O) groups is 2. The number of hydrogen-bond donors (Lipinski definition) is 0. The van der Waals surface area contributed by atoms with Crippen molar-refractivity contribution in [2.75, 3.05) is 19.6 Å². The van der Waals surface area contributed by atoms with E-state index in [1.54, 1.807) is 13.0 Å². The van der Waals surface area contributed by atoms with Gasteiger partial charge in [0.2, 0.25) is 0 Å². The molecule has 8 heteroatoms. The van der Waals surface area contributed by atoms with Crippen LogP contribution in [-0.2, 0) is 0 Å². The SMILES string of the molecule is CCN1CCCCN(C(=O)c2c(-c3ccccc3Cl)noc2C)[C@@H]2CCCC[C@@H]2Oc2ccccc2C1=O. The molecule has 1 fully saturated rings. The highest BCUT2D eigenvalue weighted by atomic mass is 35.5. The van der Waals surface area contributed by atoms with E-state index in [2.05, 4.69) is 5.16 Å². The summed E-state index contributed by atoms with van der Waals surface area (Å²) in [7, 11) is 0. The Balaban J connectivity index is 1.54. The highest BCUT2D eigenvalue weighted by Gasteiger charge is 2.38. The summed E-state index contributed by atoms with van der Waals surface area (Å²) in [6.45, 7) is 5.56. The number of para-hydroxylation sites is 1. The van der Waals surface area contributed by atoms with Crippen molar-refractivity contribution < 1.29 is 18.8 Å². The fraction of sp³-hybridized carbons (Fsp3) is 0.433. The first-order valence-electron chi connectivity index (χ1n) is 13.6. The number of aryl methyl sites for hydroxylation is 1. The minimum Gasteiger partial charge on any atom is -0.487 e. The van der Waals surface area contributed by atoms with E-state index in [1.807, 2.05) is 59.2 Å². The van der Waals surface area contributed by atoms with Gasteiger partial charge in [-0.15, -0.1) is 0 Å². The zero-order chi connectivity index (χ0) is 26.6. The molecule has 2 aromatic carbocycles. The second kappa shape index (κ2) is 11.6. The molecule has 1 saturated carbocycles. The quantitative estimate of drug-likeness (QED) is 0.388. The molecule has 0 N–H and O–H groups in total. The van der Waals surface area contributed by atoms with Crippen molar-refractivity contribution in [3.05, 3.63) is 70.4 Å². The summed E-state index contributed by atoms with van der Waals surface area (Å²) in [6.07, 6.45) is 5.01. The number of halogens is 1. The molecule has 2 aliphatic rings. The lowest BCUT2D eigenvalue weighted by Gasteiger charge is -2.40. The number of fused-ring (bicyclic) bond motifs is 2. The molecule has 38 heavy (non-hydrogen) atoms. The highest BCUT2D eigenvalue weighted by molar-refractivity contribution is 6.33. The zero-order valence-electron chi connectivity index (χ0n) is 22.0. The average Bonchev–Trinajstić information content (AvgIpc) is 3.31. The van der Waals surface area contributed by atoms with Crippen LogP contribution in [0.2, 0.25) is 5.02 Å². The first-order chi connectivity index (χ1) is 18.5. The Kier molecular flexibility index (Phi) is 8.03. The minimum atomic E-state index is -0.222. The Labute approximate surface area is 228 Å². The molecular weight excluding hydrogens is 502 g/mol. The molecule has 1 aromatic heterocycles. The van der Waals surface area contributed by atoms with Crippen molar-refractivity contribution in [1.29, 1.82) is 0 Å². The van der Waals surface area contributed by atoms with Crippen LogP contribution in [0.25, 0.3) is 11.3 Å². The van der Waals surface area contributed by atoms with E-state index >= 15 is 0 Å². The Bertz CT molecular complexity index is 1310.